The number of rotatable bonds is 3. The summed E-state index contributed by atoms with van der Waals surface area (Å²) in [7, 11) is 0. The third-order valence-corrected chi connectivity index (χ3v) is 4.54. The number of aromatic amines is 1. The van der Waals surface area contributed by atoms with Crippen molar-refractivity contribution in [1.82, 2.24) is 10.3 Å². The van der Waals surface area contributed by atoms with Crippen molar-refractivity contribution in [1.29, 1.82) is 0 Å². The monoisotopic (exact) mass is 278 g/mol. The minimum absolute atomic E-state index is 0.0276. The summed E-state index contributed by atoms with van der Waals surface area (Å²) in [5.74, 6) is 0.362. The molecule has 2 aliphatic rings. The first-order valence-corrected chi connectivity index (χ1v) is 7.36. The van der Waals surface area contributed by atoms with Crippen LogP contribution in [-0.4, -0.2) is 22.7 Å². The fourth-order valence-electron chi connectivity index (χ4n) is 3.47. The van der Waals surface area contributed by atoms with E-state index in [4.69, 9.17) is 0 Å². The van der Waals surface area contributed by atoms with Crippen molar-refractivity contribution in [3.63, 3.8) is 0 Å². The molecular formula is C18H18N2O. The first-order valence-electron chi connectivity index (χ1n) is 7.36. The number of benzene rings is 1. The van der Waals surface area contributed by atoms with Gasteiger partial charge in [0.05, 0.1) is 12.6 Å². The van der Waals surface area contributed by atoms with E-state index in [1.54, 1.807) is 0 Å². The molecule has 3 N–H and O–H groups in total. The number of H-pyrrole nitrogens is 1. The van der Waals surface area contributed by atoms with Crippen LogP contribution in [0.5, 0.6) is 0 Å². The molecule has 0 amide bonds. The zero-order chi connectivity index (χ0) is 14.2. The summed E-state index contributed by atoms with van der Waals surface area (Å²) >= 11 is 0. The lowest BCUT2D eigenvalue weighted by molar-refractivity contribution is 0.275. The van der Waals surface area contributed by atoms with Crippen LogP contribution in [0.15, 0.2) is 66.5 Å². The minimum Gasteiger partial charge on any atom is -0.395 e. The highest BCUT2D eigenvalue weighted by molar-refractivity contribution is 5.84. The Hall–Kier alpha value is -2.26. The average molecular weight is 278 g/mol. The van der Waals surface area contributed by atoms with E-state index < -0.39 is 0 Å². The Morgan fingerprint density at radius 3 is 2.90 bits per heavy atom. The van der Waals surface area contributed by atoms with Crippen molar-refractivity contribution < 1.29 is 5.11 Å². The SMILES string of the molecule is OCC(C1=CNC2C=CC=CC12)c1c[nH]c2ccccc12. The third kappa shape index (κ3) is 1.93. The normalized spacial score (nSPS) is 24.7. The molecular weight excluding hydrogens is 260 g/mol. The molecule has 0 spiro atoms. The van der Waals surface area contributed by atoms with E-state index in [2.05, 4.69) is 52.9 Å². The molecule has 1 aromatic carbocycles. The summed E-state index contributed by atoms with van der Waals surface area (Å²) in [5, 5.41) is 14.6. The van der Waals surface area contributed by atoms with Gasteiger partial charge in [-0.1, -0.05) is 42.5 Å². The van der Waals surface area contributed by atoms with Crippen molar-refractivity contribution in [2.24, 2.45) is 5.92 Å². The van der Waals surface area contributed by atoms with Crippen LogP contribution in [0.2, 0.25) is 0 Å². The van der Waals surface area contributed by atoms with E-state index in [0.29, 0.717) is 12.0 Å². The number of aliphatic hydroxyl groups excluding tert-OH is 1. The summed E-state index contributed by atoms with van der Waals surface area (Å²) in [6, 6.07) is 8.57. The van der Waals surface area contributed by atoms with Crippen LogP contribution >= 0.6 is 0 Å². The van der Waals surface area contributed by atoms with Crippen molar-refractivity contribution in [2.45, 2.75) is 12.0 Å². The van der Waals surface area contributed by atoms with E-state index in [1.807, 2.05) is 18.3 Å². The van der Waals surface area contributed by atoms with Gasteiger partial charge in [-0.15, -0.1) is 0 Å². The molecule has 3 atom stereocenters. The second-order valence-electron chi connectivity index (χ2n) is 5.66. The number of hydrogen-bond donors (Lipinski definition) is 3. The smallest absolute Gasteiger partial charge is 0.0543 e. The number of fused-ring (bicyclic) bond motifs is 2. The molecule has 2 heterocycles. The van der Waals surface area contributed by atoms with Crippen LogP contribution in [0.4, 0.5) is 0 Å². The molecule has 3 unspecified atom stereocenters. The lowest BCUT2D eigenvalue weighted by atomic mass is 9.81. The lowest BCUT2D eigenvalue weighted by Crippen LogP contribution is -2.26. The van der Waals surface area contributed by atoms with E-state index in [-0.39, 0.29) is 12.5 Å². The van der Waals surface area contributed by atoms with Crippen LogP contribution in [0.1, 0.15) is 11.5 Å². The Labute approximate surface area is 123 Å². The second kappa shape index (κ2) is 4.93. The summed E-state index contributed by atoms with van der Waals surface area (Å²) in [5.41, 5.74) is 3.55. The Balaban J connectivity index is 1.75. The zero-order valence-corrected chi connectivity index (χ0v) is 11.7. The molecule has 1 aliphatic carbocycles. The van der Waals surface area contributed by atoms with Gasteiger partial charge in [0.1, 0.15) is 0 Å². The molecule has 0 saturated carbocycles. The maximum Gasteiger partial charge on any atom is 0.0543 e. The van der Waals surface area contributed by atoms with Crippen molar-refractivity contribution in [2.75, 3.05) is 6.61 Å². The summed E-state index contributed by atoms with van der Waals surface area (Å²) in [6.45, 7) is 0.121. The lowest BCUT2D eigenvalue weighted by Gasteiger charge is -2.23. The Morgan fingerprint density at radius 1 is 1.14 bits per heavy atom. The molecule has 0 radical (unpaired) electrons. The summed E-state index contributed by atoms with van der Waals surface area (Å²) in [4.78, 5) is 3.31. The van der Waals surface area contributed by atoms with Gasteiger partial charge in [0, 0.05) is 28.9 Å². The number of nitrogens with one attached hydrogen (secondary N) is 2. The van der Waals surface area contributed by atoms with Crippen molar-refractivity contribution in [3.8, 4) is 0 Å². The van der Waals surface area contributed by atoms with Gasteiger partial charge >= 0.3 is 0 Å². The topological polar surface area (TPSA) is 48.0 Å². The number of hydrogen-bond acceptors (Lipinski definition) is 2. The highest BCUT2D eigenvalue weighted by Gasteiger charge is 2.32. The number of allylic oxidation sites excluding steroid dienone is 2. The van der Waals surface area contributed by atoms with Crippen LogP contribution in [-0.2, 0) is 0 Å². The van der Waals surface area contributed by atoms with Gasteiger partial charge in [-0.2, -0.15) is 0 Å². The maximum atomic E-state index is 9.98. The van der Waals surface area contributed by atoms with Crippen molar-refractivity contribution in [3.05, 3.63) is 72.1 Å². The van der Waals surface area contributed by atoms with Crippen molar-refractivity contribution >= 4 is 10.9 Å². The largest absolute Gasteiger partial charge is 0.395 e. The molecule has 3 heteroatoms. The highest BCUT2D eigenvalue weighted by Crippen LogP contribution is 2.38. The predicted octanol–water partition coefficient (Wildman–Crippen LogP) is 2.84. The van der Waals surface area contributed by atoms with Gasteiger partial charge in [-0.25, -0.2) is 0 Å². The van der Waals surface area contributed by atoms with Crippen LogP contribution in [0, 0.1) is 5.92 Å². The van der Waals surface area contributed by atoms with E-state index in [9.17, 15) is 5.11 Å². The molecule has 3 nitrogen and oxygen atoms in total. The standard InChI is InChI=1S/C18H18N2O/c21-11-16(14-9-19-17-7-3-1-5-12(14)17)15-10-20-18-8-4-2-6-13(15)18/h1-10,12,16-17,19-21H,11H2. The van der Waals surface area contributed by atoms with Gasteiger partial charge in [-0.05, 0) is 23.4 Å². The molecule has 1 aliphatic heterocycles. The van der Waals surface area contributed by atoms with Gasteiger partial charge in [-0.3, -0.25) is 0 Å². The van der Waals surface area contributed by atoms with E-state index in [0.717, 1.165) is 5.52 Å². The quantitative estimate of drug-likeness (QED) is 0.808. The predicted molar refractivity (Wildman–Crippen MR) is 84.9 cm³/mol. The minimum atomic E-state index is 0.0276. The van der Waals surface area contributed by atoms with Crippen LogP contribution in [0.25, 0.3) is 10.9 Å². The Kier molecular flexibility index (Phi) is 2.93. The third-order valence-electron chi connectivity index (χ3n) is 4.54. The average Bonchev–Trinajstić information content (AvgIpc) is 3.14. The number of para-hydroxylation sites is 1. The Morgan fingerprint density at radius 2 is 2.00 bits per heavy atom. The molecule has 4 rings (SSSR count). The fraction of sp³-hybridized carbons (Fsp3) is 0.222. The first-order chi connectivity index (χ1) is 10.4. The van der Waals surface area contributed by atoms with E-state index in [1.165, 1.54) is 16.5 Å². The number of aromatic nitrogens is 1. The molecule has 1 aromatic heterocycles. The highest BCUT2D eigenvalue weighted by atomic mass is 16.3. The van der Waals surface area contributed by atoms with Gasteiger partial charge < -0.3 is 15.4 Å². The molecule has 2 aromatic rings. The van der Waals surface area contributed by atoms with Gasteiger partial charge in [0.15, 0.2) is 0 Å². The van der Waals surface area contributed by atoms with E-state index >= 15 is 0 Å². The maximum absolute atomic E-state index is 9.98. The van der Waals surface area contributed by atoms with Gasteiger partial charge in [0.2, 0.25) is 0 Å². The molecule has 106 valence electrons. The molecule has 0 bridgehead atoms. The summed E-state index contributed by atoms with van der Waals surface area (Å²) in [6.07, 6.45) is 12.7. The molecule has 0 saturated heterocycles. The second-order valence-corrected chi connectivity index (χ2v) is 5.66. The summed E-state index contributed by atoms with van der Waals surface area (Å²) < 4.78 is 0. The van der Waals surface area contributed by atoms with Gasteiger partial charge in [0.25, 0.3) is 0 Å². The molecule has 21 heavy (non-hydrogen) atoms. The van der Waals surface area contributed by atoms with Crippen LogP contribution in [0.3, 0.4) is 0 Å². The first kappa shape index (κ1) is 12.5. The molecule has 0 fully saturated rings. The number of aliphatic hydroxyl groups is 1. The van der Waals surface area contributed by atoms with Crippen LogP contribution < -0.4 is 5.32 Å². The Bertz CT molecular complexity index is 753. The zero-order valence-electron chi connectivity index (χ0n) is 11.7. The fourth-order valence-corrected chi connectivity index (χ4v) is 3.47.